The van der Waals surface area contributed by atoms with Crippen LogP contribution in [0.25, 0.3) is 0 Å². The van der Waals surface area contributed by atoms with Crippen molar-refractivity contribution in [1.29, 1.82) is 0 Å². The molecule has 1 aromatic rings. The Kier molecular flexibility index (Phi) is 11.3. The first-order valence-corrected chi connectivity index (χ1v) is 11.6. The van der Waals surface area contributed by atoms with E-state index in [1.54, 1.807) is 11.3 Å². The van der Waals surface area contributed by atoms with E-state index >= 15 is 0 Å². The number of fused-ring (bicyclic) bond motifs is 1. The van der Waals surface area contributed by atoms with Crippen LogP contribution < -0.4 is 10.6 Å². The van der Waals surface area contributed by atoms with Crippen molar-refractivity contribution in [2.75, 3.05) is 32.8 Å². The highest BCUT2D eigenvalue weighted by Crippen LogP contribution is 2.24. The van der Waals surface area contributed by atoms with Gasteiger partial charge in [-0.2, -0.15) is 0 Å². The van der Waals surface area contributed by atoms with E-state index in [9.17, 15) is 4.79 Å². The molecule has 0 atom stereocenters. The molecule has 1 amide bonds. The second-order valence-electron chi connectivity index (χ2n) is 7.54. The van der Waals surface area contributed by atoms with Gasteiger partial charge in [-0.3, -0.25) is 4.79 Å². The zero-order chi connectivity index (χ0) is 19.6. The summed E-state index contributed by atoms with van der Waals surface area (Å²) in [5.74, 6) is 0.802. The average molecular weight is 535 g/mol. The minimum Gasteiger partial charge on any atom is -0.378 e. The Morgan fingerprint density at radius 3 is 2.93 bits per heavy atom. The first kappa shape index (κ1) is 24.4. The third kappa shape index (κ3) is 8.05. The molecular weight excluding hydrogens is 499 g/mol. The normalized spacial score (nSPS) is 17.4. The minimum atomic E-state index is 0. The predicted octanol–water partition coefficient (Wildman–Crippen LogP) is 3.55. The highest BCUT2D eigenvalue weighted by Gasteiger charge is 2.21. The lowest BCUT2D eigenvalue weighted by Gasteiger charge is -2.26. The van der Waals surface area contributed by atoms with Crippen LogP contribution in [0, 0.1) is 0 Å². The summed E-state index contributed by atoms with van der Waals surface area (Å²) < 4.78 is 5.96. The van der Waals surface area contributed by atoms with Crippen molar-refractivity contribution < 1.29 is 9.53 Å². The summed E-state index contributed by atoms with van der Waals surface area (Å²) in [6.07, 6.45) is 8.75. The summed E-state index contributed by atoms with van der Waals surface area (Å²) >= 11 is 1.79. The number of amides is 1. The lowest BCUT2D eigenvalue weighted by molar-refractivity contribution is -0.130. The number of ether oxygens (including phenoxy) is 1. The molecule has 164 valence electrons. The van der Waals surface area contributed by atoms with Crippen LogP contribution in [0.5, 0.6) is 0 Å². The van der Waals surface area contributed by atoms with Crippen LogP contribution in [-0.4, -0.2) is 55.7 Å². The number of hydrogen-bond donors (Lipinski definition) is 2. The summed E-state index contributed by atoms with van der Waals surface area (Å²) in [5, 5.41) is 8.65. The zero-order valence-electron chi connectivity index (χ0n) is 17.5. The number of nitrogens with zero attached hydrogens (tertiary/aromatic N) is 2. The Hall–Kier alpha value is -0.870. The number of carbonyl (C=O) groups is 1. The Morgan fingerprint density at radius 1 is 1.31 bits per heavy atom. The monoisotopic (exact) mass is 534 g/mol. The van der Waals surface area contributed by atoms with E-state index in [1.165, 1.54) is 42.5 Å². The van der Waals surface area contributed by atoms with Crippen molar-refractivity contribution in [3.8, 4) is 0 Å². The molecule has 2 heterocycles. The lowest BCUT2D eigenvalue weighted by atomic mass is 9.98. The summed E-state index contributed by atoms with van der Waals surface area (Å²) in [6, 6.07) is 2.13. The highest BCUT2D eigenvalue weighted by molar-refractivity contribution is 14.0. The minimum absolute atomic E-state index is 0. The maximum absolute atomic E-state index is 12.5. The molecule has 0 saturated heterocycles. The van der Waals surface area contributed by atoms with E-state index < -0.39 is 0 Å². The van der Waals surface area contributed by atoms with Crippen molar-refractivity contribution in [1.82, 2.24) is 15.5 Å². The quantitative estimate of drug-likeness (QED) is 0.232. The van der Waals surface area contributed by atoms with E-state index in [-0.39, 0.29) is 36.4 Å². The van der Waals surface area contributed by atoms with Gasteiger partial charge >= 0.3 is 0 Å². The Labute approximate surface area is 195 Å². The summed E-state index contributed by atoms with van der Waals surface area (Å²) in [6.45, 7) is 6.10. The van der Waals surface area contributed by atoms with Crippen LogP contribution in [0.15, 0.2) is 16.4 Å². The first-order valence-electron chi connectivity index (χ1n) is 10.7. The van der Waals surface area contributed by atoms with Gasteiger partial charge in [0.15, 0.2) is 5.96 Å². The molecule has 0 spiro atoms. The van der Waals surface area contributed by atoms with Crippen molar-refractivity contribution in [3.63, 3.8) is 0 Å². The second-order valence-corrected chi connectivity index (χ2v) is 8.54. The fourth-order valence-corrected chi connectivity index (χ4v) is 4.70. The Morgan fingerprint density at radius 2 is 2.14 bits per heavy atom. The molecule has 1 aliphatic heterocycles. The zero-order valence-corrected chi connectivity index (χ0v) is 20.6. The van der Waals surface area contributed by atoms with Gasteiger partial charge in [0.2, 0.25) is 5.91 Å². The van der Waals surface area contributed by atoms with E-state index in [0.29, 0.717) is 12.1 Å². The molecule has 3 rings (SSSR count). The smallest absolute Gasteiger partial charge is 0.244 e. The van der Waals surface area contributed by atoms with E-state index in [2.05, 4.69) is 27.1 Å². The molecule has 2 aliphatic rings. The Balaban J connectivity index is 0.00000300. The van der Waals surface area contributed by atoms with Crippen LogP contribution in [-0.2, 0) is 22.5 Å². The fourth-order valence-electron chi connectivity index (χ4n) is 3.81. The lowest BCUT2D eigenvalue weighted by Crippen LogP contribution is -2.40. The van der Waals surface area contributed by atoms with Crippen LogP contribution in [0.3, 0.4) is 0 Å². The topological polar surface area (TPSA) is 66.0 Å². The number of aliphatic imine (C=N–C) groups is 1. The molecule has 0 bridgehead atoms. The van der Waals surface area contributed by atoms with Gasteiger partial charge < -0.3 is 20.3 Å². The molecule has 0 aromatic carbocycles. The van der Waals surface area contributed by atoms with E-state index in [1.807, 2.05) is 11.8 Å². The van der Waals surface area contributed by atoms with E-state index in [0.717, 1.165) is 45.6 Å². The molecule has 1 aromatic heterocycles. The fraction of sp³-hybridized carbons (Fsp3) is 0.714. The molecule has 1 fully saturated rings. The molecule has 2 N–H and O–H groups in total. The molecule has 29 heavy (non-hydrogen) atoms. The third-order valence-corrected chi connectivity index (χ3v) is 6.42. The summed E-state index contributed by atoms with van der Waals surface area (Å²) in [4.78, 5) is 20.4. The molecule has 0 unspecified atom stereocenters. The number of carbonyl (C=O) groups excluding carboxylic acids is 1. The average Bonchev–Trinajstić information content (AvgIpc) is 3.20. The second kappa shape index (κ2) is 13.4. The molecule has 6 nitrogen and oxygen atoms in total. The van der Waals surface area contributed by atoms with Gasteiger partial charge in [0, 0.05) is 37.7 Å². The van der Waals surface area contributed by atoms with E-state index in [4.69, 9.17) is 4.74 Å². The van der Waals surface area contributed by atoms with Crippen LogP contribution in [0.2, 0.25) is 0 Å². The van der Waals surface area contributed by atoms with Crippen molar-refractivity contribution in [3.05, 3.63) is 21.9 Å². The SMILES string of the molecule is CCNC(=NCC(=O)N1CCc2sccc2C1)NCCCOC1CCCCC1.I. The van der Waals surface area contributed by atoms with Gasteiger partial charge in [-0.1, -0.05) is 19.3 Å². The number of guanidine groups is 1. The number of rotatable bonds is 8. The van der Waals surface area contributed by atoms with Crippen molar-refractivity contribution in [2.45, 2.75) is 64.5 Å². The largest absolute Gasteiger partial charge is 0.378 e. The van der Waals surface area contributed by atoms with Gasteiger partial charge in [-0.15, -0.1) is 35.3 Å². The maximum atomic E-state index is 12.5. The van der Waals surface area contributed by atoms with Crippen LogP contribution >= 0.6 is 35.3 Å². The van der Waals surface area contributed by atoms with Gasteiger partial charge in [-0.25, -0.2) is 4.99 Å². The Bertz CT molecular complexity index is 646. The van der Waals surface area contributed by atoms with Gasteiger partial charge in [0.1, 0.15) is 6.54 Å². The maximum Gasteiger partial charge on any atom is 0.244 e. The number of halogens is 1. The van der Waals surface area contributed by atoms with Crippen molar-refractivity contribution >= 4 is 47.2 Å². The predicted molar refractivity (Wildman–Crippen MR) is 130 cm³/mol. The summed E-state index contributed by atoms with van der Waals surface area (Å²) in [5.41, 5.74) is 1.29. The number of thiophene rings is 1. The van der Waals surface area contributed by atoms with Crippen LogP contribution in [0.4, 0.5) is 0 Å². The van der Waals surface area contributed by atoms with Gasteiger partial charge in [0.05, 0.1) is 6.10 Å². The van der Waals surface area contributed by atoms with Gasteiger partial charge in [-0.05, 0) is 49.6 Å². The number of nitrogens with one attached hydrogen (secondary N) is 2. The van der Waals surface area contributed by atoms with Gasteiger partial charge in [0.25, 0.3) is 0 Å². The molecule has 8 heteroatoms. The van der Waals surface area contributed by atoms with Crippen molar-refractivity contribution in [2.24, 2.45) is 4.99 Å². The molecule has 1 saturated carbocycles. The summed E-state index contributed by atoms with van der Waals surface area (Å²) in [7, 11) is 0. The molecule has 0 radical (unpaired) electrons. The highest BCUT2D eigenvalue weighted by atomic mass is 127. The first-order chi connectivity index (χ1) is 13.8. The van der Waals surface area contributed by atoms with Crippen LogP contribution in [0.1, 0.15) is 55.9 Å². The molecule has 1 aliphatic carbocycles. The standard InChI is InChI=1S/C21H34N4O2S.HI/c1-2-22-21(23-11-6-13-27-18-7-4-3-5-8-18)24-15-20(26)25-12-9-19-17(16-25)10-14-28-19;/h10,14,18H,2-9,11-13,15-16H2,1H3,(H2,22,23,24);1H. The molecular formula is C21H35IN4O2S. The number of hydrogen-bond acceptors (Lipinski definition) is 4. The third-order valence-electron chi connectivity index (χ3n) is 5.40.